The van der Waals surface area contributed by atoms with E-state index in [4.69, 9.17) is 11.6 Å². The average Bonchev–Trinajstić information content (AvgIpc) is 2.99. The Morgan fingerprint density at radius 1 is 1.20 bits per heavy atom. The van der Waals surface area contributed by atoms with E-state index >= 15 is 0 Å². The van der Waals surface area contributed by atoms with Crippen molar-refractivity contribution in [2.75, 3.05) is 16.8 Å². The van der Waals surface area contributed by atoms with Gasteiger partial charge in [-0.1, -0.05) is 29.8 Å². The Morgan fingerprint density at radius 3 is 2.72 bits per heavy atom. The standard InChI is InChI=1S/C19H20ClN3O2/c1-12-3-5-17(16(20)9-12)22-19(25)21-11-14-4-6-18-15(10-14)7-8-23(18)13(2)24/h3-6,9-10H,7-8,11H2,1-2H3,(H2,21,22,25). The maximum absolute atomic E-state index is 12.1. The molecular weight excluding hydrogens is 338 g/mol. The van der Waals surface area contributed by atoms with Crippen molar-refractivity contribution >= 4 is 34.9 Å². The molecule has 3 amide bonds. The number of halogens is 1. The van der Waals surface area contributed by atoms with Gasteiger partial charge in [0.15, 0.2) is 0 Å². The molecule has 0 aliphatic carbocycles. The molecule has 3 rings (SSSR count). The third kappa shape index (κ3) is 3.94. The second-order valence-corrected chi connectivity index (χ2v) is 6.58. The van der Waals surface area contributed by atoms with Gasteiger partial charge in [-0.3, -0.25) is 4.79 Å². The molecule has 1 aliphatic rings. The Morgan fingerprint density at radius 2 is 2.00 bits per heavy atom. The van der Waals surface area contributed by atoms with Crippen LogP contribution in [0.15, 0.2) is 36.4 Å². The van der Waals surface area contributed by atoms with Crippen LogP contribution in [0, 0.1) is 6.92 Å². The molecule has 5 nitrogen and oxygen atoms in total. The van der Waals surface area contributed by atoms with Crippen molar-refractivity contribution in [1.29, 1.82) is 0 Å². The van der Waals surface area contributed by atoms with Crippen molar-refractivity contribution in [3.05, 3.63) is 58.1 Å². The Hall–Kier alpha value is -2.53. The monoisotopic (exact) mass is 357 g/mol. The molecule has 130 valence electrons. The highest BCUT2D eigenvalue weighted by atomic mass is 35.5. The van der Waals surface area contributed by atoms with Gasteiger partial charge >= 0.3 is 6.03 Å². The smallest absolute Gasteiger partial charge is 0.319 e. The quantitative estimate of drug-likeness (QED) is 0.875. The van der Waals surface area contributed by atoms with Crippen molar-refractivity contribution in [1.82, 2.24) is 5.32 Å². The van der Waals surface area contributed by atoms with Gasteiger partial charge in [0.1, 0.15) is 0 Å². The lowest BCUT2D eigenvalue weighted by atomic mass is 10.1. The number of hydrogen-bond donors (Lipinski definition) is 2. The number of carbonyl (C=O) groups excluding carboxylic acids is 2. The zero-order valence-electron chi connectivity index (χ0n) is 14.2. The fraction of sp³-hybridized carbons (Fsp3) is 0.263. The molecule has 0 radical (unpaired) electrons. The lowest BCUT2D eigenvalue weighted by molar-refractivity contribution is -0.116. The number of anilines is 2. The number of aryl methyl sites for hydroxylation is 1. The van der Waals surface area contributed by atoms with Crippen LogP contribution in [0.2, 0.25) is 5.02 Å². The largest absolute Gasteiger partial charge is 0.334 e. The first-order chi connectivity index (χ1) is 11.9. The minimum Gasteiger partial charge on any atom is -0.334 e. The lowest BCUT2D eigenvalue weighted by Crippen LogP contribution is -2.28. The molecular formula is C19H20ClN3O2. The fourth-order valence-electron chi connectivity index (χ4n) is 2.96. The molecule has 0 unspecified atom stereocenters. The van der Waals surface area contributed by atoms with Gasteiger partial charge in [-0.15, -0.1) is 0 Å². The van der Waals surface area contributed by atoms with E-state index in [0.717, 1.165) is 28.8 Å². The number of carbonyl (C=O) groups is 2. The zero-order valence-corrected chi connectivity index (χ0v) is 15.0. The molecule has 2 N–H and O–H groups in total. The first-order valence-electron chi connectivity index (χ1n) is 8.15. The second-order valence-electron chi connectivity index (χ2n) is 6.17. The van der Waals surface area contributed by atoms with Crippen molar-refractivity contribution in [2.24, 2.45) is 0 Å². The number of rotatable bonds is 3. The molecule has 0 atom stereocenters. The van der Waals surface area contributed by atoms with Crippen LogP contribution >= 0.6 is 11.6 Å². The molecule has 0 bridgehead atoms. The number of amides is 3. The minimum atomic E-state index is -0.309. The number of hydrogen-bond acceptors (Lipinski definition) is 2. The molecule has 0 fully saturated rings. The predicted octanol–water partition coefficient (Wildman–Crippen LogP) is 3.88. The molecule has 0 saturated carbocycles. The molecule has 2 aromatic carbocycles. The Labute approximate surface area is 152 Å². The van der Waals surface area contributed by atoms with Crippen LogP contribution in [-0.2, 0) is 17.8 Å². The van der Waals surface area contributed by atoms with Crippen molar-refractivity contribution < 1.29 is 9.59 Å². The highest BCUT2D eigenvalue weighted by Crippen LogP contribution is 2.29. The number of nitrogens with zero attached hydrogens (tertiary/aromatic N) is 1. The van der Waals surface area contributed by atoms with Gasteiger partial charge in [0.2, 0.25) is 5.91 Å². The van der Waals surface area contributed by atoms with Crippen molar-refractivity contribution in [2.45, 2.75) is 26.8 Å². The molecule has 0 spiro atoms. The van der Waals surface area contributed by atoms with Crippen LogP contribution in [0.25, 0.3) is 0 Å². The average molecular weight is 358 g/mol. The van der Waals surface area contributed by atoms with E-state index in [-0.39, 0.29) is 11.9 Å². The molecule has 2 aromatic rings. The number of fused-ring (bicyclic) bond motifs is 1. The summed E-state index contributed by atoms with van der Waals surface area (Å²) in [5.41, 5.74) is 4.71. The van der Waals surface area contributed by atoms with E-state index in [1.165, 1.54) is 0 Å². The first kappa shape index (κ1) is 17.3. The van der Waals surface area contributed by atoms with Crippen LogP contribution in [0.4, 0.5) is 16.2 Å². The molecule has 1 aliphatic heterocycles. The Balaban J connectivity index is 1.60. The summed E-state index contributed by atoms with van der Waals surface area (Å²) < 4.78 is 0. The second kappa shape index (κ2) is 7.15. The van der Waals surface area contributed by atoms with E-state index in [9.17, 15) is 9.59 Å². The number of urea groups is 1. The predicted molar refractivity (Wildman–Crippen MR) is 100 cm³/mol. The maximum Gasteiger partial charge on any atom is 0.319 e. The minimum absolute atomic E-state index is 0.0546. The zero-order chi connectivity index (χ0) is 18.0. The number of nitrogens with one attached hydrogen (secondary N) is 2. The summed E-state index contributed by atoms with van der Waals surface area (Å²) >= 11 is 6.12. The van der Waals surface area contributed by atoms with Gasteiger partial charge in [-0.2, -0.15) is 0 Å². The van der Waals surface area contributed by atoms with Crippen molar-refractivity contribution in [3.8, 4) is 0 Å². The van der Waals surface area contributed by atoms with Gasteiger partial charge < -0.3 is 15.5 Å². The summed E-state index contributed by atoms with van der Waals surface area (Å²) in [6, 6.07) is 11.1. The summed E-state index contributed by atoms with van der Waals surface area (Å²) in [5.74, 6) is 0.0546. The fourth-order valence-corrected chi connectivity index (χ4v) is 3.24. The Kier molecular flexibility index (Phi) is 4.95. The molecule has 25 heavy (non-hydrogen) atoms. The first-order valence-corrected chi connectivity index (χ1v) is 8.53. The third-order valence-corrected chi connectivity index (χ3v) is 4.56. The summed E-state index contributed by atoms with van der Waals surface area (Å²) in [7, 11) is 0. The summed E-state index contributed by atoms with van der Waals surface area (Å²) in [5, 5.41) is 6.08. The SMILES string of the molecule is CC(=O)N1CCc2cc(CNC(=O)Nc3ccc(C)cc3Cl)ccc21. The normalized spacial score (nSPS) is 12.7. The highest BCUT2D eigenvalue weighted by Gasteiger charge is 2.22. The van der Waals surface area contributed by atoms with Crippen LogP contribution in [-0.4, -0.2) is 18.5 Å². The van der Waals surface area contributed by atoms with Gasteiger partial charge in [0.05, 0.1) is 10.7 Å². The molecule has 6 heteroatoms. The van der Waals surface area contributed by atoms with Gasteiger partial charge in [-0.25, -0.2) is 4.79 Å². The molecule has 0 saturated heterocycles. The van der Waals surface area contributed by atoms with Crippen LogP contribution in [0.5, 0.6) is 0 Å². The maximum atomic E-state index is 12.1. The Bertz CT molecular complexity index is 835. The third-order valence-electron chi connectivity index (χ3n) is 4.25. The van der Waals surface area contributed by atoms with E-state index in [0.29, 0.717) is 23.8 Å². The topological polar surface area (TPSA) is 61.4 Å². The van der Waals surface area contributed by atoms with Gasteiger partial charge in [0, 0.05) is 25.7 Å². The lowest BCUT2D eigenvalue weighted by Gasteiger charge is -2.15. The van der Waals surface area contributed by atoms with Crippen LogP contribution < -0.4 is 15.5 Å². The van der Waals surface area contributed by atoms with Crippen molar-refractivity contribution in [3.63, 3.8) is 0 Å². The molecule has 1 heterocycles. The number of benzene rings is 2. The van der Waals surface area contributed by atoms with E-state index < -0.39 is 0 Å². The summed E-state index contributed by atoms with van der Waals surface area (Å²) in [4.78, 5) is 25.4. The van der Waals surface area contributed by atoms with Crippen LogP contribution in [0.1, 0.15) is 23.6 Å². The van der Waals surface area contributed by atoms with Gasteiger partial charge in [-0.05, 0) is 48.2 Å². The molecule has 0 aromatic heterocycles. The highest BCUT2D eigenvalue weighted by molar-refractivity contribution is 6.33. The van der Waals surface area contributed by atoms with Crippen LogP contribution in [0.3, 0.4) is 0 Å². The van der Waals surface area contributed by atoms with E-state index in [2.05, 4.69) is 10.6 Å². The summed E-state index contributed by atoms with van der Waals surface area (Å²) in [6.45, 7) is 4.64. The summed E-state index contributed by atoms with van der Waals surface area (Å²) in [6.07, 6.45) is 0.841. The van der Waals surface area contributed by atoms with E-state index in [1.807, 2.05) is 31.2 Å². The van der Waals surface area contributed by atoms with E-state index in [1.54, 1.807) is 24.0 Å². The van der Waals surface area contributed by atoms with Gasteiger partial charge in [0.25, 0.3) is 0 Å².